The molecule has 0 aromatic heterocycles. The Morgan fingerprint density at radius 2 is 2.11 bits per heavy atom. The van der Waals surface area contributed by atoms with Gasteiger partial charge in [0.2, 0.25) is 0 Å². The van der Waals surface area contributed by atoms with Gasteiger partial charge in [-0.25, -0.2) is 13.6 Å². The molecule has 0 heterocycles. The third kappa shape index (κ3) is 4.63. The fourth-order valence-electron chi connectivity index (χ4n) is 1.24. The van der Waals surface area contributed by atoms with Gasteiger partial charge in [-0.15, -0.1) is 0 Å². The third-order valence-electron chi connectivity index (χ3n) is 2.28. The number of ether oxygens (including phenoxy) is 1. The molecule has 0 bridgehead atoms. The number of aliphatic carboxylic acids is 1. The number of carbonyl (C=O) groups is 2. The third-order valence-corrected chi connectivity index (χ3v) is 2.28. The number of hydrogen-bond acceptors (Lipinski definition) is 3. The zero-order chi connectivity index (χ0) is 14.4. The van der Waals surface area contributed by atoms with Crippen molar-refractivity contribution >= 4 is 11.9 Å². The van der Waals surface area contributed by atoms with Crippen LogP contribution in [0.3, 0.4) is 0 Å². The molecule has 0 spiro atoms. The number of hydrogen-bond donors (Lipinski definition) is 2. The Morgan fingerprint density at radius 3 is 2.74 bits per heavy atom. The largest absolute Gasteiger partial charge is 0.479 e. The maximum atomic E-state index is 13.2. The molecule has 0 aliphatic carbocycles. The number of carboxylic acid groups (broad SMARTS) is 1. The van der Waals surface area contributed by atoms with E-state index in [1.807, 2.05) is 0 Å². The second-order valence-corrected chi connectivity index (χ2v) is 3.73. The number of carboxylic acids is 1. The van der Waals surface area contributed by atoms with Gasteiger partial charge in [0.1, 0.15) is 11.6 Å². The number of benzene rings is 1. The molecule has 0 saturated heterocycles. The predicted molar refractivity (Wildman–Crippen MR) is 61.7 cm³/mol. The van der Waals surface area contributed by atoms with Crippen LogP contribution in [-0.4, -0.2) is 36.2 Å². The van der Waals surface area contributed by atoms with Crippen LogP contribution in [0.5, 0.6) is 0 Å². The molecule has 0 fully saturated rings. The molecular weight excluding hydrogens is 260 g/mol. The molecule has 7 heteroatoms. The average Bonchev–Trinajstić information content (AvgIpc) is 2.36. The molecule has 0 aliphatic rings. The molecule has 104 valence electrons. The Balaban J connectivity index is 2.43. The van der Waals surface area contributed by atoms with Gasteiger partial charge in [0.25, 0.3) is 5.91 Å². The molecule has 1 rings (SSSR count). The summed E-state index contributed by atoms with van der Waals surface area (Å²) in [6.45, 7) is 1.29. The van der Waals surface area contributed by atoms with Crippen LogP contribution >= 0.6 is 0 Å². The highest BCUT2D eigenvalue weighted by atomic mass is 19.1. The quantitative estimate of drug-likeness (QED) is 0.763. The molecule has 0 saturated carbocycles. The molecule has 1 atom stereocenters. The Bertz CT molecular complexity index is 479. The zero-order valence-corrected chi connectivity index (χ0v) is 10.2. The van der Waals surface area contributed by atoms with Gasteiger partial charge in [-0.3, -0.25) is 4.79 Å². The predicted octanol–water partition coefficient (Wildman–Crippen LogP) is 1.18. The fourth-order valence-corrected chi connectivity index (χ4v) is 1.24. The maximum Gasteiger partial charge on any atom is 0.332 e. The lowest BCUT2D eigenvalue weighted by atomic mass is 10.2. The van der Waals surface area contributed by atoms with Gasteiger partial charge in [0.15, 0.2) is 6.10 Å². The van der Waals surface area contributed by atoms with E-state index >= 15 is 0 Å². The van der Waals surface area contributed by atoms with E-state index in [9.17, 15) is 18.4 Å². The summed E-state index contributed by atoms with van der Waals surface area (Å²) in [6, 6.07) is 2.54. The van der Waals surface area contributed by atoms with Crippen LogP contribution in [0.2, 0.25) is 0 Å². The van der Waals surface area contributed by atoms with Crippen LogP contribution < -0.4 is 5.32 Å². The molecule has 1 aromatic carbocycles. The summed E-state index contributed by atoms with van der Waals surface area (Å²) in [6.07, 6.45) is -0.997. The van der Waals surface area contributed by atoms with E-state index in [1.54, 1.807) is 0 Å². The SMILES string of the molecule is CC(OCCNC(=O)c1cc(F)ccc1F)C(=O)O. The second-order valence-electron chi connectivity index (χ2n) is 3.73. The minimum absolute atomic E-state index is 0.00753. The normalized spacial score (nSPS) is 11.9. The molecule has 19 heavy (non-hydrogen) atoms. The summed E-state index contributed by atoms with van der Waals surface area (Å²) in [4.78, 5) is 21.9. The van der Waals surface area contributed by atoms with E-state index in [-0.39, 0.29) is 13.2 Å². The summed E-state index contributed by atoms with van der Waals surface area (Å²) in [5, 5.41) is 10.8. The first-order valence-corrected chi connectivity index (χ1v) is 5.49. The highest BCUT2D eigenvalue weighted by molar-refractivity contribution is 5.94. The molecule has 1 aromatic rings. The van der Waals surface area contributed by atoms with Gasteiger partial charge < -0.3 is 15.2 Å². The van der Waals surface area contributed by atoms with Crippen molar-refractivity contribution in [1.82, 2.24) is 5.32 Å². The van der Waals surface area contributed by atoms with Crippen LogP contribution in [0.25, 0.3) is 0 Å². The minimum Gasteiger partial charge on any atom is -0.479 e. The van der Waals surface area contributed by atoms with Crippen molar-refractivity contribution in [2.24, 2.45) is 0 Å². The summed E-state index contributed by atoms with van der Waals surface area (Å²) >= 11 is 0. The summed E-state index contributed by atoms with van der Waals surface area (Å²) in [7, 11) is 0. The van der Waals surface area contributed by atoms with Crippen LogP contribution in [0.1, 0.15) is 17.3 Å². The number of halogens is 2. The van der Waals surface area contributed by atoms with Crippen molar-refractivity contribution in [3.8, 4) is 0 Å². The molecule has 0 radical (unpaired) electrons. The van der Waals surface area contributed by atoms with Crippen molar-refractivity contribution in [3.63, 3.8) is 0 Å². The lowest BCUT2D eigenvalue weighted by molar-refractivity contribution is -0.148. The van der Waals surface area contributed by atoms with Crippen molar-refractivity contribution in [2.75, 3.05) is 13.2 Å². The van der Waals surface area contributed by atoms with Crippen molar-refractivity contribution < 1.29 is 28.2 Å². The van der Waals surface area contributed by atoms with Gasteiger partial charge in [-0.1, -0.05) is 0 Å². The lowest BCUT2D eigenvalue weighted by Gasteiger charge is -2.09. The number of amides is 1. The van der Waals surface area contributed by atoms with E-state index in [4.69, 9.17) is 9.84 Å². The fraction of sp³-hybridized carbons (Fsp3) is 0.333. The van der Waals surface area contributed by atoms with Gasteiger partial charge in [0, 0.05) is 6.54 Å². The smallest absolute Gasteiger partial charge is 0.332 e. The Labute approximate surface area is 108 Å². The van der Waals surface area contributed by atoms with Crippen LogP contribution in [-0.2, 0) is 9.53 Å². The monoisotopic (exact) mass is 273 g/mol. The van der Waals surface area contributed by atoms with E-state index in [2.05, 4.69) is 5.32 Å². The van der Waals surface area contributed by atoms with E-state index < -0.39 is 35.2 Å². The van der Waals surface area contributed by atoms with E-state index in [0.717, 1.165) is 18.2 Å². The first-order chi connectivity index (χ1) is 8.91. The van der Waals surface area contributed by atoms with Gasteiger partial charge >= 0.3 is 5.97 Å². The molecule has 1 unspecified atom stereocenters. The van der Waals surface area contributed by atoms with Gasteiger partial charge in [-0.2, -0.15) is 0 Å². The van der Waals surface area contributed by atoms with Crippen LogP contribution in [0.15, 0.2) is 18.2 Å². The molecule has 1 amide bonds. The van der Waals surface area contributed by atoms with Crippen molar-refractivity contribution in [3.05, 3.63) is 35.4 Å². The molecule has 5 nitrogen and oxygen atoms in total. The molecule has 2 N–H and O–H groups in total. The van der Waals surface area contributed by atoms with Gasteiger partial charge in [-0.05, 0) is 25.1 Å². The number of nitrogens with one attached hydrogen (secondary N) is 1. The maximum absolute atomic E-state index is 13.2. The first kappa shape index (κ1) is 15.0. The lowest BCUT2D eigenvalue weighted by Crippen LogP contribution is -2.30. The average molecular weight is 273 g/mol. The Hall–Kier alpha value is -2.02. The molecular formula is C12H13F2NO4. The summed E-state index contributed by atoms with van der Waals surface area (Å²) < 4.78 is 30.9. The van der Waals surface area contributed by atoms with Crippen molar-refractivity contribution in [1.29, 1.82) is 0 Å². The standard InChI is InChI=1S/C12H13F2NO4/c1-7(12(17)18)19-5-4-15-11(16)9-6-8(13)2-3-10(9)14/h2-3,6-7H,4-5H2,1H3,(H,15,16)(H,17,18). The Morgan fingerprint density at radius 1 is 1.42 bits per heavy atom. The van der Waals surface area contributed by atoms with E-state index in [1.165, 1.54) is 6.92 Å². The highest BCUT2D eigenvalue weighted by Crippen LogP contribution is 2.09. The minimum atomic E-state index is -1.12. The highest BCUT2D eigenvalue weighted by Gasteiger charge is 2.13. The first-order valence-electron chi connectivity index (χ1n) is 5.49. The summed E-state index contributed by atoms with van der Waals surface area (Å²) in [5.41, 5.74) is -0.411. The zero-order valence-electron chi connectivity index (χ0n) is 10.2. The summed E-state index contributed by atoms with van der Waals surface area (Å²) in [5.74, 6) is -3.47. The van der Waals surface area contributed by atoms with Crippen LogP contribution in [0.4, 0.5) is 8.78 Å². The molecule has 0 aliphatic heterocycles. The Kier molecular flexibility index (Phi) is 5.37. The number of rotatable bonds is 6. The van der Waals surface area contributed by atoms with Crippen molar-refractivity contribution in [2.45, 2.75) is 13.0 Å². The van der Waals surface area contributed by atoms with Gasteiger partial charge in [0.05, 0.1) is 12.2 Å². The second kappa shape index (κ2) is 6.79. The van der Waals surface area contributed by atoms with Crippen LogP contribution in [0, 0.1) is 11.6 Å². The van der Waals surface area contributed by atoms with E-state index in [0.29, 0.717) is 0 Å². The number of carbonyl (C=O) groups excluding carboxylic acids is 1. The topological polar surface area (TPSA) is 75.6 Å².